The standard InChI is InChI=1S/C12H15N2O/c1(2-12-3-5-13-6-4-12)7-14-8-10-15-11-9-14/h3-4,13H,5,7-11H2. The first-order chi connectivity index (χ1) is 7.45. The summed E-state index contributed by atoms with van der Waals surface area (Å²) >= 11 is 0. The molecule has 3 heteroatoms. The second-order valence-electron chi connectivity index (χ2n) is 3.52. The fraction of sp³-hybridized carbons (Fsp3) is 0.500. The van der Waals surface area contributed by atoms with Gasteiger partial charge in [-0.15, -0.1) is 0 Å². The summed E-state index contributed by atoms with van der Waals surface area (Å²) in [6, 6.07) is 0. The van der Waals surface area contributed by atoms with Gasteiger partial charge in [-0.3, -0.25) is 4.90 Å². The van der Waals surface area contributed by atoms with Crippen LogP contribution in [0.15, 0.2) is 17.7 Å². The van der Waals surface area contributed by atoms with Gasteiger partial charge in [0.2, 0.25) is 0 Å². The van der Waals surface area contributed by atoms with Gasteiger partial charge in [-0.2, -0.15) is 0 Å². The van der Waals surface area contributed by atoms with Crippen molar-refractivity contribution in [3.63, 3.8) is 0 Å². The van der Waals surface area contributed by atoms with E-state index in [2.05, 4.69) is 34.3 Å². The Kier molecular flexibility index (Phi) is 3.84. The molecule has 15 heavy (non-hydrogen) atoms. The second kappa shape index (κ2) is 5.59. The van der Waals surface area contributed by atoms with E-state index in [0.29, 0.717) is 0 Å². The molecule has 1 N–H and O–H groups in total. The lowest BCUT2D eigenvalue weighted by molar-refractivity contribution is 0.0443. The van der Waals surface area contributed by atoms with Crippen molar-refractivity contribution in [2.24, 2.45) is 0 Å². The molecule has 0 saturated carbocycles. The molecule has 1 fully saturated rings. The average Bonchev–Trinajstić information content (AvgIpc) is 2.32. The number of ether oxygens (including phenoxy) is 1. The van der Waals surface area contributed by atoms with E-state index in [1.165, 1.54) is 0 Å². The van der Waals surface area contributed by atoms with Crippen LogP contribution >= 0.6 is 0 Å². The molecule has 2 aliphatic rings. The summed E-state index contributed by atoms with van der Waals surface area (Å²) in [5.74, 6) is 6.32. The molecule has 2 aliphatic heterocycles. The van der Waals surface area contributed by atoms with Crippen LogP contribution in [0.5, 0.6) is 0 Å². The maximum Gasteiger partial charge on any atom is 0.0606 e. The summed E-state index contributed by atoms with van der Waals surface area (Å²) in [6.07, 6.45) is 6.90. The zero-order valence-corrected chi connectivity index (χ0v) is 8.75. The predicted molar refractivity (Wildman–Crippen MR) is 58.9 cm³/mol. The highest BCUT2D eigenvalue weighted by atomic mass is 16.5. The summed E-state index contributed by atoms with van der Waals surface area (Å²) in [5.41, 5.74) is 1.06. The van der Waals surface area contributed by atoms with E-state index in [1.807, 2.05) is 6.08 Å². The quantitative estimate of drug-likeness (QED) is 0.615. The van der Waals surface area contributed by atoms with Crippen LogP contribution in [-0.2, 0) is 4.74 Å². The minimum atomic E-state index is 0.831. The molecule has 2 heterocycles. The Balaban J connectivity index is 1.78. The fourth-order valence-corrected chi connectivity index (χ4v) is 1.51. The van der Waals surface area contributed by atoms with Gasteiger partial charge in [0.25, 0.3) is 0 Å². The summed E-state index contributed by atoms with van der Waals surface area (Å²) in [6.45, 7) is 5.33. The number of morpholine rings is 1. The number of nitrogens with one attached hydrogen (secondary N) is 1. The van der Waals surface area contributed by atoms with E-state index in [4.69, 9.17) is 4.74 Å². The largest absolute Gasteiger partial charge is 0.380 e. The monoisotopic (exact) mass is 203 g/mol. The Morgan fingerprint density at radius 3 is 3.07 bits per heavy atom. The van der Waals surface area contributed by atoms with E-state index in [1.54, 1.807) is 0 Å². The van der Waals surface area contributed by atoms with E-state index >= 15 is 0 Å². The van der Waals surface area contributed by atoms with Crippen molar-refractivity contribution in [2.75, 3.05) is 39.4 Å². The highest BCUT2D eigenvalue weighted by molar-refractivity contribution is 5.38. The minimum absolute atomic E-state index is 0.831. The molecule has 0 aromatic carbocycles. The molecule has 0 aromatic heterocycles. The highest BCUT2D eigenvalue weighted by Crippen LogP contribution is 1.98. The van der Waals surface area contributed by atoms with Gasteiger partial charge >= 0.3 is 0 Å². The first-order valence-electron chi connectivity index (χ1n) is 5.26. The molecule has 1 saturated heterocycles. The maximum absolute atomic E-state index is 5.27. The molecule has 1 radical (unpaired) electrons. The average molecular weight is 203 g/mol. The zero-order chi connectivity index (χ0) is 10.3. The van der Waals surface area contributed by atoms with Crippen LogP contribution in [0, 0.1) is 18.0 Å². The Labute approximate surface area is 90.8 Å². The molecule has 0 unspecified atom stereocenters. The molecule has 2 rings (SSSR count). The van der Waals surface area contributed by atoms with Crippen LogP contribution in [-0.4, -0.2) is 44.3 Å². The first kappa shape index (κ1) is 10.3. The summed E-state index contributed by atoms with van der Waals surface area (Å²) in [5, 5.41) is 2.98. The number of hydrogen-bond donors (Lipinski definition) is 1. The van der Waals surface area contributed by atoms with Gasteiger partial charge in [-0.1, -0.05) is 11.8 Å². The lowest BCUT2D eigenvalue weighted by Gasteiger charge is -2.24. The van der Waals surface area contributed by atoms with Crippen molar-refractivity contribution >= 4 is 0 Å². The third kappa shape index (κ3) is 3.43. The van der Waals surface area contributed by atoms with Crippen LogP contribution in [0.3, 0.4) is 0 Å². The molecule has 0 amide bonds. The number of dihydropyridines is 1. The third-order valence-corrected chi connectivity index (χ3v) is 2.39. The lowest BCUT2D eigenvalue weighted by atomic mass is 10.2. The van der Waals surface area contributed by atoms with Gasteiger partial charge in [-0.05, 0) is 12.2 Å². The zero-order valence-electron chi connectivity index (χ0n) is 8.75. The molecule has 0 bridgehead atoms. The van der Waals surface area contributed by atoms with Gasteiger partial charge in [0, 0.05) is 25.2 Å². The van der Waals surface area contributed by atoms with Crippen LogP contribution in [0.1, 0.15) is 0 Å². The minimum Gasteiger partial charge on any atom is -0.380 e. The van der Waals surface area contributed by atoms with Gasteiger partial charge in [-0.25, -0.2) is 0 Å². The van der Waals surface area contributed by atoms with Crippen molar-refractivity contribution in [1.82, 2.24) is 10.2 Å². The van der Waals surface area contributed by atoms with Crippen LogP contribution < -0.4 is 5.32 Å². The second-order valence-corrected chi connectivity index (χ2v) is 3.52. The Hall–Kier alpha value is -1.24. The van der Waals surface area contributed by atoms with Crippen LogP contribution in [0.2, 0.25) is 0 Å². The normalized spacial score (nSPS) is 21.2. The fourth-order valence-electron chi connectivity index (χ4n) is 1.51. The lowest BCUT2D eigenvalue weighted by Crippen LogP contribution is -2.36. The van der Waals surface area contributed by atoms with Crippen LogP contribution in [0.4, 0.5) is 0 Å². The predicted octanol–water partition coefficient (Wildman–Crippen LogP) is 0.168. The number of allylic oxidation sites excluding steroid dienone is 2. The van der Waals surface area contributed by atoms with Crippen molar-refractivity contribution in [2.45, 2.75) is 0 Å². The van der Waals surface area contributed by atoms with E-state index in [9.17, 15) is 0 Å². The SMILES string of the molecule is [C]1=CC(C#CCN2CCOCC2)=CCN1. The first-order valence-corrected chi connectivity index (χ1v) is 5.26. The van der Waals surface area contributed by atoms with E-state index < -0.39 is 0 Å². The Morgan fingerprint density at radius 1 is 1.47 bits per heavy atom. The molecule has 79 valence electrons. The molecule has 0 aromatic rings. The smallest absolute Gasteiger partial charge is 0.0606 e. The van der Waals surface area contributed by atoms with Gasteiger partial charge in [0.15, 0.2) is 0 Å². The Bertz CT molecular complexity index is 316. The molecule has 0 aliphatic carbocycles. The van der Waals surface area contributed by atoms with Crippen molar-refractivity contribution < 1.29 is 4.74 Å². The topological polar surface area (TPSA) is 24.5 Å². The van der Waals surface area contributed by atoms with Gasteiger partial charge in [0.1, 0.15) is 0 Å². The van der Waals surface area contributed by atoms with E-state index in [0.717, 1.165) is 45.0 Å². The number of hydrogen-bond acceptors (Lipinski definition) is 3. The Morgan fingerprint density at radius 2 is 2.33 bits per heavy atom. The van der Waals surface area contributed by atoms with Gasteiger partial charge < -0.3 is 10.1 Å². The number of nitrogens with zero attached hydrogens (tertiary/aromatic N) is 1. The van der Waals surface area contributed by atoms with Crippen molar-refractivity contribution in [3.05, 3.63) is 23.9 Å². The molecular formula is C12H15N2O. The third-order valence-electron chi connectivity index (χ3n) is 2.39. The van der Waals surface area contributed by atoms with Crippen molar-refractivity contribution in [1.29, 1.82) is 0 Å². The molecular weight excluding hydrogens is 188 g/mol. The van der Waals surface area contributed by atoms with E-state index in [-0.39, 0.29) is 0 Å². The highest BCUT2D eigenvalue weighted by Gasteiger charge is 2.07. The van der Waals surface area contributed by atoms with Gasteiger partial charge in [0.05, 0.1) is 26.0 Å². The molecule has 0 spiro atoms. The number of rotatable bonds is 1. The molecule has 3 nitrogen and oxygen atoms in total. The van der Waals surface area contributed by atoms with Crippen molar-refractivity contribution in [3.8, 4) is 11.8 Å². The maximum atomic E-state index is 5.27. The summed E-state index contributed by atoms with van der Waals surface area (Å²) < 4.78 is 5.27. The summed E-state index contributed by atoms with van der Waals surface area (Å²) in [4.78, 5) is 2.31. The molecule has 0 atom stereocenters. The van der Waals surface area contributed by atoms with Crippen LogP contribution in [0.25, 0.3) is 0 Å². The summed E-state index contributed by atoms with van der Waals surface area (Å²) in [7, 11) is 0.